The van der Waals surface area contributed by atoms with E-state index in [-0.39, 0.29) is 5.92 Å². The highest BCUT2D eigenvalue weighted by Gasteiger charge is 2.23. The number of Topliss-reactive ketones (excluding diaryl/α,β-unsaturated/α-hetero) is 1. The molecular formula is C18H24O. The number of ketones is 1. The monoisotopic (exact) mass is 256 g/mol. The number of hydrogen-bond donors (Lipinski definition) is 0. The molecule has 1 nitrogen and oxygen atoms in total. The molecule has 1 aromatic rings. The molecule has 1 aliphatic carbocycles. The third kappa shape index (κ3) is 4.05. The van der Waals surface area contributed by atoms with Gasteiger partial charge in [0.2, 0.25) is 0 Å². The Morgan fingerprint density at radius 3 is 2.79 bits per heavy atom. The maximum atomic E-state index is 12.2. The molecule has 102 valence electrons. The molecule has 0 N–H and O–H groups in total. The molecule has 0 aliphatic heterocycles. The fourth-order valence-electron chi connectivity index (χ4n) is 2.94. The zero-order valence-corrected chi connectivity index (χ0v) is 11.7. The average molecular weight is 256 g/mol. The molecule has 0 saturated carbocycles. The van der Waals surface area contributed by atoms with Crippen molar-refractivity contribution >= 4 is 5.78 Å². The Morgan fingerprint density at radius 2 is 2.00 bits per heavy atom. The number of allylic oxidation sites excluding steroid dienone is 1. The van der Waals surface area contributed by atoms with E-state index in [1.807, 2.05) is 6.08 Å². The van der Waals surface area contributed by atoms with E-state index in [0.29, 0.717) is 5.78 Å². The van der Waals surface area contributed by atoms with Gasteiger partial charge in [-0.05, 0) is 49.7 Å². The molecule has 0 amide bonds. The minimum atomic E-state index is 0.273. The molecule has 0 saturated heterocycles. The highest BCUT2D eigenvalue weighted by Crippen LogP contribution is 2.27. The summed E-state index contributed by atoms with van der Waals surface area (Å²) in [6, 6.07) is 8.56. The summed E-state index contributed by atoms with van der Waals surface area (Å²) in [5.41, 5.74) is 2.83. The van der Waals surface area contributed by atoms with Gasteiger partial charge in [0, 0.05) is 12.3 Å². The molecule has 1 aliphatic rings. The molecule has 0 spiro atoms. The summed E-state index contributed by atoms with van der Waals surface area (Å²) in [5, 5.41) is 0. The molecule has 0 bridgehead atoms. The predicted molar refractivity (Wildman–Crippen MR) is 80.2 cm³/mol. The Morgan fingerprint density at radius 1 is 1.21 bits per heavy atom. The number of carbonyl (C=O) groups is 1. The fourth-order valence-corrected chi connectivity index (χ4v) is 2.94. The van der Waals surface area contributed by atoms with Crippen molar-refractivity contribution < 1.29 is 4.79 Å². The van der Waals surface area contributed by atoms with Gasteiger partial charge in [0.1, 0.15) is 5.78 Å². The molecule has 19 heavy (non-hydrogen) atoms. The Balaban J connectivity index is 1.77. The highest BCUT2D eigenvalue weighted by molar-refractivity contribution is 5.81. The summed E-state index contributed by atoms with van der Waals surface area (Å²) < 4.78 is 0. The first-order valence-corrected chi connectivity index (χ1v) is 7.51. The summed E-state index contributed by atoms with van der Waals surface area (Å²) in [7, 11) is 0. The number of carbonyl (C=O) groups excluding carboxylic acids is 1. The Bertz CT molecular complexity index is 433. The summed E-state index contributed by atoms with van der Waals surface area (Å²) in [5.74, 6) is 0.752. The first-order chi connectivity index (χ1) is 9.31. The third-order valence-corrected chi connectivity index (χ3v) is 4.13. The number of unbranched alkanes of at least 4 members (excludes halogenated alkanes) is 3. The van der Waals surface area contributed by atoms with Crippen LogP contribution in [-0.4, -0.2) is 5.78 Å². The molecule has 1 atom stereocenters. The van der Waals surface area contributed by atoms with Gasteiger partial charge in [-0.2, -0.15) is 0 Å². The molecule has 0 radical (unpaired) electrons. The van der Waals surface area contributed by atoms with E-state index in [1.165, 1.54) is 17.5 Å². The lowest BCUT2D eigenvalue weighted by molar-refractivity contribution is -0.123. The number of aryl methyl sites for hydroxylation is 1. The number of hydrogen-bond acceptors (Lipinski definition) is 1. The van der Waals surface area contributed by atoms with E-state index in [0.717, 1.165) is 44.9 Å². The SMILES string of the molecule is C=CCCCCCC(=O)C1CCc2ccccc2C1. The van der Waals surface area contributed by atoms with Crippen LogP contribution in [0.1, 0.15) is 49.7 Å². The van der Waals surface area contributed by atoms with Crippen LogP contribution in [0.25, 0.3) is 0 Å². The van der Waals surface area contributed by atoms with Crippen molar-refractivity contribution in [3.8, 4) is 0 Å². The standard InChI is InChI=1S/C18H24O/c1-2-3-4-5-6-11-18(19)17-13-12-15-9-7-8-10-16(15)14-17/h2,7-10,17H,1,3-6,11-14H2. The Labute approximate surface area is 116 Å². The van der Waals surface area contributed by atoms with Crippen molar-refractivity contribution in [2.24, 2.45) is 5.92 Å². The lowest BCUT2D eigenvalue weighted by Crippen LogP contribution is -2.22. The van der Waals surface area contributed by atoms with E-state index in [2.05, 4.69) is 30.8 Å². The first kappa shape index (κ1) is 14.0. The van der Waals surface area contributed by atoms with Crippen LogP contribution < -0.4 is 0 Å². The van der Waals surface area contributed by atoms with E-state index in [4.69, 9.17) is 0 Å². The summed E-state index contributed by atoms with van der Waals surface area (Å²) in [4.78, 5) is 12.2. The van der Waals surface area contributed by atoms with Crippen LogP contribution in [0, 0.1) is 5.92 Å². The van der Waals surface area contributed by atoms with Crippen LogP contribution in [0.3, 0.4) is 0 Å². The molecular weight excluding hydrogens is 232 g/mol. The number of rotatable bonds is 7. The smallest absolute Gasteiger partial charge is 0.136 e. The molecule has 1 unspecified atom stereocenters. The molecule has 0 heterocycles. The van der Waals surface area contributed by atoms with Gasteiger partial charge in [0.25, 0.3) is 0 Å². The molecule has 1 heteroatoms. The van der Waals surface area contributed by atoms with Crippen LogP contribution >= 0.6 is 0 Å². The van der Waals surface area contributed by atoms with E-state index in [1.54, 1.807) is 0 Å². The maximum Gasteiger partial charge on any atom is 0.136 e. The molecule has 0 aromatic heterocycles. The van der Waals surface area contributed by atoms with Crippen LogP contribution in [-0.2, 0) is 17.6 Å². The van der Waals surface area contributed by atoms with E-state index in [9.17, 15) is 4.79 Å². The van der Waals surface area contributed by atoms with Gasteiger partial charge in [-0.3, -0.25) is 4.79 Å². The second-order valence-electron chi connectivity index (χ2n) is 5.56. The highest BCUT2D eigenvalue weighted by atomic mass is 16.1. The van der Waals surface area contributed by atoms with Gasteiger partial charge in [-0.15, -0.1) is 6.58 Å². The minimum Gasteiger partial charge on any atom is -0.299 e. The van der Waals surface area contributed by atoms with Crippen LogP contribution in [0.4, 0.5) is 0 Å². The van der Waals surface area contributed by atoms with Crippen LogP contribution in [0.15, 0.2) is 36.9 Å². The van der Waals surface area contributed by atoms with Crippen LogP contribution in [0.5, 0.6) is 0 Å². The van der Waals surface area contributed by atoms with Crippen molar-refractivity contribution in [3.63, 3.8) is 0 Å². The molecule has 2 rings (SSSR count). The molecule has 0 fully saturated rings. The second-order valence-corrected chi connectivity index (χ2v) is 5.56. The fraction of sp³-hybridized carbons (Fsp3) is 0.500. The molecule has 1 aromatic carbocycles. The number of fused-ring (bicyclic) bond motifs is 1. The zero-order valence-electron chi connectivity index (χ0n) is 11.7. The van der Waals surface area contributed by atoms with Crippen molar-refractivity contribution in [2.45, 2.75) is 51.4 Å². The van der Waals surface area contributed by atoms with E-state index < -0.39 is 0 Å². The summed E-state index contributed by atoms with van der Waals surface area (Å²) in [6.45, 7) is 3.72. The largest absolute Gasteiger partial charge is 0.299 e. The van der Waals surface area contributed by atoms with Gasteiger partial charge in [-0.25, -0.2) is 0 Å². The van der Waals surface area contributed by atoms with Gasteiger partial charge >= 0.3 is 0 Å². The van der Waals surface area contributed by atoms with Crippen molar-refractivity contribution in [3.05, 3.63) is 48.0 Å². The Hall–Kier alpha value is -1.37. The normalized spacial score (nSPS) is 17.8. The topological polar surface area (TPSA) is 17.1 Å². The van der Waals surface area contributed by atoms with E-state index >= 15 is 0 Å². The zero-order chi connectivity index (χ0) is 13.5. The number of benzene rings is 1. The van der Waals surface area contributed by atoms with Gasteiger partial charge in [-0.1, -0.05) is 36.8 Å². The summed E-state index contributed by atoms with van der Waals surface area (Å²) in [6.07, 6.45) is 10.2. The Kier molecular flexibility index (Phi) is 5.38. The second kappa shape index (κ2) is 7.28. The summed E-state index contributed by atoms with van der Waals surface area (Å²) >= 11 is 0. The van der Waals surface area contributed by atoms with Crippen molar-refractivity contribution in [1.29, 1.82) is 0 Å². The van der Waals surface area contributed by atoms with Crippen molar-refractivity contribution in [2.75, 3.05) is 0 Å². The lowest BCUT2D eigenvalue weighted by atomic mass is 9.80. The maximum absolute atomic E-state index is 12.2. The first-order valence-electron chi connectivity index (χ1n) is 7.51. The lowest BCUT2D eigenvalue weighted by Gasteiger charge is -2.23. The third-order valence-electron chi connectivity index (χ3n) is 4.13. The van der Waals surface area contributed by atoms with Gasteiger partial charge in [0.05, 0.1) is 0 Å². The van der Waals surface area contributed by atoms with Crippen molar-refractivity contribution in [1.82, 2.24) is 0 Å². The van der Waals surface area contributed by atoms with Gasteiger partial charge < -0.3 is 0 Å². The predicted octanol–water partition coefficient (Wildman–Crippen LogP) is 4.50. The quantitative estimate of drug-likeness (QED) is 0.518. The van der Waals surface area contributed by atoms with Crippen LogP contribution in [0.2, 0.25) is 0 Å². The average Bonchev–Trinajstić information content (AvgIpc) is 2.46. The van der Waals surface area contributed by atoms with Gasteiger partial charge in [0.15, 0.2) is 0 Å². The minimum absolute atomic E-state index is 0.273.